The zero-order valence-corrected chi connectivity index (χ0v) is 12.4. The molecule has 1 aliphatic carbocycles. The normalized spacial score (nSPS) is 15.3. The predicted octanol–water partition coefficient (Wildman–Crippen LogP) is 3.98. The summed E-state index contributed by atoms with van der Waals surface area (Å²) < 4.78 is 39.7. The van der Waals surface area contributed by atoms with Crippen molar-refractivity contribution in [2.24, 2.45) is 5.73 Å². The van der Waals surface area contributed by atoms with Crippen molar-refractivity contribution in [3.05, 3.63) is 29.3 Å². The smallest absolute Gasteiger partial charge is 0.369 e. The van der Waals surface area contributed by atoms with Crippen LogP contribution in [0.4, 0.5) is 18.9 Å². The van der Waals surface area contributed by atoms with Gasteiger partial charge in [0.25, 0.3) is 0 Å². The summed E-state index contributed by atoms with van der Waals surface area (Å²) in [5, 5.41) is 0. The monoisotopic (exact) mass is 300 g/mol. The molecule has 2 rings (SSSR count). The van der Waals surface area contributed by atoms with Gasteiger partial charge in [0.2, 0.25) is 0 Å². The van der Waals surface area contributed by atoms with Gasteiger partial charge in [-0.05, 0) is 49.9 Å². The van der Waals surface area contributed by atoms with E-state index in [0.717, 1.165) is 32.2 Å². The van der Waals surface area contributed by atoms with Crippen molar-refractivity contribution in [2.75, 3.05) is 18.0 Å². The first-order valence-electron chi connectivity index (χ1n) is 7.64. The highest BCUT2D eigenvalue weighted by Crippen LogP contribution is 2.38. The highest BCUT2D eigenvalue weighted by Gasteiger charge is 2.35. The molecule has 1 aromatic rings. The zero-order chi connectivity index (χ0) is 15.5. The quantitative estimate of drug-likeness (QED) is 0.825. The molecule has 5 heteroatoms. The summed E-state index contributed by atoms with van der Waals surface area (Å²) in [6, 6.07) is 5.12. The number of nitrogens with zero attached hydrogens (tertiary/aromatic N) is 1. The average molecular weight is 300 g/mol. The number of rotatable bonds is 7. The van der Waals surface area contributed by atoms with Gasteiger partial charge in [0.15, 0.2) is 0 Å². The Hall–Kier alpha value is -1.23. The first kappa shape index (κ1) is 16.1. The minimum Gasteiger partial charge on any atom is -0.369 e. The lowest BCUT2D eigenvalue weighted by atomic mass is 10.0. The van der Waals surface area contributed by atoms with E-state index in [4.69, 9.17) is 5.73 Å². The summed E-state index contributed by atoms with van der Waals surface area (Å²) in [6.07, 6.45) is 0.141. The van der Waals surface area contributed by atoms with Crippen LogP contribution < -0.4 is 10.6 Å². The van der Waals surface area contributed by atoms with E-state index in [1.165, 1.54) is 6.07 Å². The molecule has 2 nitrogen and oxygen atoms in total. The number of anilines is 1. The van der Waals surface area contributed by atoms with Crippen LogP contribution in [0.15, 0.2) is 18.2 Å². The van der Waals surface area contributed by atoms with E-state index in [0.29, 0.717) is 17.3 Å². The third kappa shape index (κ3) is 4.13. The maximum absolute atomic E-state index is 13.2. The lowest BCUT2D eigenvalue weighted by Gasteiger charge is -2.26. The number of unbranched alkanes of at least 4 members (excludes halogenated alkanes) is 1. The van der Waals surface area contributed by atoms with Crippen molar-refractivity contribution in [1.82, 2.24) is 0 Å². The highest BCUT2D eigenvalue weighted by atomic mass is 19.4. The molecule has 1 fully saturated rings. The van der Waals surface area contributed by atoms with Crippen molar-refractivity contribution >= 4 is 5.69 Å². The van der Waals surface area contributed by atoms with E-state index in [-0.39, 0.29) is 13.0 Å². The van der Waals surface area contributed by atoms with Crippen LogP contribution in [0.2, 0.25) is 0 Å². The van der Waals surface area contributed by atoms with Crippen molar-refractivity contribution in [3.63, 3.8) is 0 Å². The number of hydrogen-bond acceptors (Lipinski definition) is 2. The van der Waals surface area contributed by atoms with Crippen LogP contribution in [0.25, 0.3) is 0 Å². The Morgan fingerprint density at radius 3 is 2.52 bits per heavy atom. The van der Waals surface area contributed by atoms with Crippen molar-refractivity contribution in [2.45, 2.75) is 51.2 Å². The maximum atomic E-state index is 13.2. The van der Waals surface area contributed by atoms with Crippen molar-refractivity contribution in [3.8, 4) is 0 Å². The minimum absolute atomic E-state index is 0.227. The van der Waals surface area contributed by atoms with E-state index in [1.54, 1.807) is 6.07 Å². The van der Waals surface area contributed by atoms with Crippen molar-refractivity contribution < 1.29 is 13.2 Å². The molecule has 1 aromatic carbocycles. The molecule has 0 aromatic heterocycles. The molecule has 1 aliphatic rings. The van der Waals surface area contributed by atoms with Crippen LogP contribution in [0.5, 0.6) is 0 Å². The molecular weight excluding hydrogens is 277 g/mol. The summed E-state index contributed by atoms with van der Waals surface area (Å²) in [4.78, 5) is 2.13. The fraction of sp³-hybridized carbons (Fsp3) is 0.625. The second-order valence-electron chi connectivity index (χ2n) is 5.66. The number of hydrogen-bond donors (Lipinski definition) is 1. The fourth-order valence-electron chi connectivity index (χ4n) is 2.62. The molecule has 0 amide bonds. The third-order valence-corrected chi connectivity index (χ3v) is 3.88. The highest BCUT2D eigenvalue weighted by molar-refractivity contribution is 5.53. The molecule has 2 N–H and O–H groups in total. The van der Waals surface area contributed by atoms with Crippen LogP contribution in [0.1, 0.15) is 43.7 Å². The van der Waals surface area contributed by atoms with Gasteiger partial charge in [-0.25, -0.2) is 0 Å². The van der Waals surface area contributed by atoms with E-state index in [1.807, 2.05) is 6.07 Å². The average Bonchev–Trinajstić information content (AvgIpc) is 3.24. The molecule has 0 heterocycles. The number of halogens is 3. The second kappa shape index (κ2) is 6.69. The summed E-state index contributed by atoms with van der Waals surface area (Å²) in [5.41, 5.74) is 5.87. The second-order valence-corrected chi connectivity index (χ2v) is 5.66. The van der Waals surface area contributed by atoms with E-state index >= 15 is 0 Å². The lowest BCUT2D eigenvalue weighted by Crippen LogP contribution is -2.27. The Labute approximate surface area is 124 Å². The summed E-state index contributed by atoms with van der Waals surface area (Å²) in [7, 11) is 0. The molecule has 0 spiro atoms. The van der Waals surface area contributed by atoms with Crippen LogP contribution in [0, 0.1) is 0 Å². The van der Waals surface area contributed by atoms with Crippen LogP contribution in [-0.2, 0) is 12.6 Å². The fourth-order valence-corrected chi connectivity index (χ4v) is 2.62. The molecule has 0 saturated heterocycles. The van der Waals surface area contributed by atoms with Crippen LogP contribution >= 0.6 is 0 Å². The van der Waals surface area contributed by atoms with Gasteiger partial charge in [-0.1, -0.05) is 19.4 Å². The largest absolute Gasteiger partial charge is 0.416 e. The van der Waals surface area contributed by atoms with Gasteiger partial charge in [0.05, 0.1) is 5.56 Å². The Bertz CT molecular complexity index is 467. The van der Waals surface area contributed by atoms with E-state index in [2.05, 4.69) is 11.8 Å². The molecule has 21 heavy (non-hydrogen) atoms. The molecule has 0 aliphatic heterocycles. The summed E-state index contributed by atoms with van der Waals surface area (Å²) in [6.45, 7) is 3.15. The molecule has 0 unspecified atom stereocenters. The van der Waals surface area contributed by atoms with Gasteiger partial charge in [0, 0.05) is 18.3 Å². The SMILES string of the molecule is CCCCN(c1ccc(CCN)c(C(F)(F)F)c1)C1CC1. The maximum Gasteiger partial charge on any atom is 0.416 e. The van der Waals surface area contributed by atoms with Gasteiger partial charge < -0.3 is 10.6 Å². The standard InChI is InChI=1S/C16H23F3N2/c1-2-3-10-21(13-6-7-13)14-5-4-12(8-9-20)15(11-14)16(17,18)19/h4-5,11,13H,2-3,6-10,20H2,1H3. The van der Waals surface area contributed by atoms with Gasteiger partial charge in [0.1, 0.15) is 0 Å². The Balaban J connectivity index is 2.30. The molecular formula is C16H23F3N2. The van der Waals surface area contributed by atoms with E-state index < -0.39 is 11.7 Å². The molecule has 118 valence electrons. The van der Waals surface area contributed by atoms with Crippen LogP contribution in [-0.4, -0.2) is 19.1 Å². The minimum atomic E-state index is -4.32. The Kier molecular flexibility index (Phi) is 5.14. The first-order valence-corrected chi connectivity index (χ1v) is 7.64. The van der Waals surface area contributed by atoms with Gasteiger partial charge >= 0.3 is 6.18 Å². The Morgan fingerprint density at radius 2 is 2.00 bits per heavy atom. The predicted molar refractivity (Wildman–Crippen MR) is 79.5 cm³/mol. The van der Waals surface area contributed by atoms with Gasteiger partial charge in [-0.3, -0.25) is 0 Å². The van der Waals surface area contributed by atoms with E-state index in [9.17, 15) is 13.2 Å². The third-order valence-electron chi connectivity index (χ3n) is 3.88. The molecule has 0 radical (unpaired) electrons. The topological polar surface area (TPSA) is 29.3 Å². The molecule has 0 atom stereocenters. The first-order chi connectivity index (χ1) is 9.97. The zero-order valence-electron chi connectivity index (χ0n) is 12.4. The number of benzene rings is 1. The van der Waals surface area contributed by atoms with Gasteiger partial charge in [-0.2, -0.15) is 13.2 Å². The number of nitrogens with two attached hydrogens (primary N) is 1. The van der Waals surface area contributed by atoms with Crippen LogP contribution in [0.3, 0.4) is 0 Å². The summed E-state index contributed by atoms with van der Waals surface area (Å²) in [5.74, 6) is 0. The lowest BCUT2D eigenvalue weighted by molar-refractivity contribution is -0.138. The Morgan fingerprint density at radius 1 is 1.29 bits per heavy atom. The number of alkyl halides is 3. The van der Waals surface area contributed by atoms with Gasteiger partial charge in [-0.15, -0.1) is 0 Å². The molecule has 0 bridgehead atoms. The molecule has 1 saturated carbocycles. The van der Waals surface area contributed by atoms with Crippen molar-refractivity contribution in [1.29, 1.82) is 0 Å². The summed E-state index contributed by atoms with van der Waals surface area (Å²) >= 11 is 0.